The van der Waals surface area contributed by atoms with E-state index in [1.165, 1.54) is 49.4 Å². The molecule has 25 heavy (non-hydrogen) atoms. The number of benzene rings is 2. The number of carbonyl (C=O) groups is 2. The molecular weight excluding hydrogens is 351 g/mol. The first-order valence-electron chi connectivity index (χ1n) is 7.07. The molecule has 0 saturated carbocycles. The number of hydrogen-bond donors (Lipinski definition) is 2. The standard InChI is InChI=1S/C16H15FN2O5S/c1-10(15(20)19-13-7-5-12(17)6-8-13)24-16(21)11-3-2-4-14(9-11)25(18,22)23/h2-10H,1H3,(H,19,20)(H2,18,22,23)/t10-/m0/s1. The lowest BCUT2D eigenvalue weighted by Gasteiger charge is -2.14. The number of halogens is 1. The second-order valence-electron chi connectivity index (χ2n) is 5.12. The first-order valence-corrected chi connectivity index (χ1v) is 8.62. The van der Waals surface area contributed by atoms with Gasteiger partial charge in [-0.1, -0.05) is 6.07 Å². The number of carbonyl (C=O) groups excluding carboxylic acids is 2. The highest BCUT2D eigenvalue weighted by Gasteiger charge is 2.20. The summed E-state index contributed by atoms with van der Waals surface area (Å²) in [5.74, 6) is -1.96. The fourth-order valence-corrected chi connectivity index (χ4v) is 2.42. The minimum absolute atomic E-state index is 0.0621. The van der Waals surface area contributed by atoms with Gasteiger partial charge >= 0.3 is 5.97 Å². The molecule has 0 spiro atoms. The van der Waals surface area contributed by atoms with E-state index in [1.54, 1.807) is 0 Å². The molecule has 2 aromatic rings. The number of sulfonamides is 1. The van der Waals surface area contributed by atoms with Gasteiger partial charge in [-0.3, -0.25) is 4.79 Å². The van der Waals surface area contributed by atoms with Gasteiger partial charge in [0.15, 0.2) is 6.10 Å². The van der Waals surface area contributed by atoms with Crippen molar-refractivity contribution in [2.24, 2.45) is 5.14 Å². The van der Waals surface area contributed by atoms with E-state index in [2.05, 4.69) is 5.32 Å². The predicted molar refractivity (Wildman–Crippen MR) is 87.7 cm³/mol. The Balaban J connectivity index is 2.04. The summed E-state index contributed by atoms with van der Waals surface area (Å²) in [5, 5.41) is 7.46. The van der Waals surface area contributed by atoms with E-state index in [-0.39, 0.29) is 10.5 Å². The number of rotatable bonds is 5. The second kappa shape index (κ2) is 7.41. The first kappa shape index (κ1) is 18.6. The van der Waals surface area contributed by atoms with Crippen molar-refractivity contribution < 1.29 is 27.1 Å². The van der Waals surface area contributed by atoms with Crippen molar-refractivity contribution >= 4 is 27.6 Å². The van der Waals surface area contributed by atoms with Crippen LogP contribution < -0.4 is 10.5 Å². The summed E-state index contributed by atoms with van der Waals surface area (Å²) >= 11 is 0. The van der Waals surface area contributed by atoms with Crippen molar-refractivity contribution in [3.8, 4) is 0 Å². The third-order valence-corrected chi connectivity index (χ3v) is 4.07. The van der Waals surface area contributed by atoms with Crippen LogP contribution in [0.3, 0.4) is 0 Å². The molecule has 132 valence electrons. The van der Waals surface area contributed by atoms with Crippen LogP contribution in [0, 0.1) is 5.82 Å². The smallest absolute Gasteiger partial charge is 0.338 e. The minimum Gasteiger partial charge on any atom is -0.449 e. The number of amides is 1. The Kier molecular flexibility index (Phi) is 5.50. The molecule has 0 bridgehead atoms. The zero-order valence-corrected chi connectivity index (χ0v) is 13.9. The molecule has 0 unspecified atom stereocenters. The molecule has 0 fully saturated rings. The average Bonchev–Trinajstić information content (AvgIpc) is 2.56. The highest BCUT2D eigenvalue weighted by atomic mass is 32.2. The van der Waals surface area contributed by atoms with E-state index in [1.807, 2.05) is 0 Å². The van der Waals surface area contributed by atoms with Gasteiger partial charge in [0.2, 0.25) is 10.0 Å². The van der Waals surface area contributed by atoms with Crippen LogP contribution in [-0.4, -0.2) is 26.4 Å². The lowest BCUT2D eigenvalue weighted by atomic mass is 10.2. The van der Waals surface area contributed by atoms with Gasteiger partial charge in [0.05, 0.1) is 10.5 Å². The number of primary sulfonamides is 1. The Morgan fingerprint density at radius 3 is 2.40 bits per heavy atom. The molecule has 0 aromatic heterocycles. The van der Waals surface area contributed by atoms with Gasteiger partial charge in [-0.05, 0) is 49.4 Å². The lowest BCUT2D eigenvalue weighted by molar-refractivity contribution is -0.123. The number of esters is 1. The molecule has 2 rings (SSSR count). The minimum atomic E-state index is -3.97. The maximum atomic E-state index is 12.8. The van der Waals surface area contributed by atoms with Crippen molar-refractivity contribution in [3.05, 3.63) is 59.9 Å². The molecule has 2 aromatic carbocycles. The Morgan fingerprint density at radius 1 is 1.16 bits per heavy atom. The van der Waals surface area contributed by atoms with Crippen molar-refractivity contribution in [1.29, 1.82) is 0 Å². The van der Waals surface area contributed by atoms with E-state index in [9.17, 15) is 22.4 Å². The molecule has 0 aliphatic carbocycles. The highest BCUT2D eigenvalue weighted by molar-refractivity contribution is 7.89. The normalized spacial score (nSPS) is 12.3. The van der Waals surface area contributed by atoms with Crippen molar-refractivity contribution in [1.82, 2.24) is 0 Å². The highest BCUT2D eigenvalue weighted by Crippen LogP contribution is 2.13. The number of nitrogens with two attached hydrogens (primary N) is 1. The third kappa shape index (κ3) is 5.10. The zero-order chi connectivity index (χ0) is 18.6. The fourth-order valence-electron chi connectivity index (χ4n) is 1.86. The summed E-state index contributed by atoms with van der Waals surface area (Å²) in [7, 11) is -3.97. The predicted octanol–water partition coefficient (Wildman–Crippen LogP) is 1.66. The summed E-state index contributed by atoms with van der Waals surface area (Å²) < 4.78 is 40.4. The van der Waals surface area contributed by atoms with Gasteiger partial charge in [-0.2, -0.15) is 0 Å². The maximum Gasteiger partial charge on any atom is 0.338 e. The molecule has 7 nitrogen and oxygen atoms in total. The Bertz CT molecular complexity index is 897. The molecule has 1 atom stereocenters. The molecule has 1 amide bonds. The van der Waals surface area contributed by atoms with E-state index in [4.69, 9.17) is 9.88 Å². The summed E-state index contributed by atoms with van der Waals surface area (Å²) in [4.78, 5) is 23.8. The van der Waals surface area contributed by atoms with Crippen molar-refractivity contribution in [3.63, 3.8) is 0 Å². The number of hydrogen-bond acceptors (Lipinski definition) is 5. The molecule has 0 aliphatic heterocycles. The molecule has 0 saturated heterocycles. The third-order valence-electron chi connectivity index (χ3n) is 3.16. The molecule has 0 radical (unpaired) electrons. The molecule has 3 N–H and O–H groups in total. The van der Waals surface area contributed by atoms with Crippen LogP contribution in [0.2, 0.25) is 0 Å². The number of anilines is 1. The topological polar surface area (TPSA) is 116 Å². The van der Waals surface area contributed by atoms with E-state index in [0.29, 0.717) is 5.69 Å². The van der Waals surface area contributed by atoms with E-state index >= 15 is 0 Å². The zero-order valence-electron chi connectivity index (χ0n) is 13.1. The first-order chi connectivity index (χ1) is 11.7. The SMILES string of the molecule is C[C@H](OC(=O)c1cccc(S(N)(=O)=O)c1)C(=O)Nc1ccc(F)cc1. The van der Waals surface area contributed by atoms with E-state index in [0.717, 1.165) is 6.07 Å². The Labute approximate surface area is 143 Å². The summed E-state index contributed by atoms with van der Waals surface area (Å²) in [6.07, 6.45) is -1.16. The van der Waals surface area contributed by atoms with Crippen molar-refractivity contribution in [2.75, 3.05) is 5.32 Å². The number of nitrogens with one attached hydrogen (secondary N) is 1. The second-order valence-corrected chi connectivity index (χ2v) is 6.68. The largest absolute Gasteiger partial charge is 0.449 e. The summed E-state index contributed by atoms with van der Waals surface area (Å²) in [6, 6.07) is 10.0. The van der Waals surface area contributed by atoms with Crippen LogP contribution in [0.15, 0.2) is 53.4 Å². The molecule has 9 heteroatoms. The van der Waals surface area contributed by atoms with E-state index < -0.39 is 33.8 Å². The Morgan fingerprint density at radius 2 is 1.80 bits per heavy atom. The van der Waals surface area contributed by atoms with Crippen LogP contribution in [0.1, 0.15) is 17.3 Å². The van der Waals surface area contributed by atoms with Crippen LogP contribution in [0.4, 0.5) is 10.1 Å². The van der Waals surface area contributed by atoms with Gasteiger partial charge < -0.3 is 10.1 Å². The van der Waals surface area contributed by atoms with Gasteiger partial charge in [0.25, 0.3) is 5.91 Å². The van der Waals surface area contributed by atoms with Crippen LogP contribution in [0.5, 0.6) is 0 Å². The lowest BCUT2D eigenvalue weighted by Crippen LogP contribution is -2.30. The molecular formula is C16H15FN2O5S. The summed E-state index contributed by atoms with van der Waals surface area (Å²) in [5.41, 5.74) is 0.276. The number of ether oxygens (including phenoxy) is 1. The maximum absolute atomic E-state index is 12.8. The van der Waals surface area contributed by atoms with Crippen molar-refractivity contribution in [2.45, 2.75) is 17.9 Å². The van der Waals surface area contributed by atoms with Crippen LogP contribution in [-0.2, 0) is 19.6 Å². The Hall–Kier alpha value is -2.78. The van der Waals surface area contributed by atoms with Gasteiger partial charge in [0, 0.05) is 5.69 Å². The van der Waals surface area contributed by atoms with Crippen LogP contribution in [0.25, 0.3) is 0 Å². The van der Waals surface area contributed by atoms with Gasteiger partial charge in [0.1, 0.15) is 5.82 Å². The molecule has 0 aliphatic rings. The fraction of sp³-hybridized carbons (Fsp3) is 0.125. The molecule has 0 heterocycles. The van der Waals surface area contributed by atoms with Crippen LogP contribution >= 0.6 is 0 Å². The van der Waals surface area contributed by atoms with Gasteiger partial charge in [-0.25, -0.2) is 22.7 Å². The monoisotopic (exact) mass is 366 g/mol. The van der Waals surface area contributed by atoms with Gasteiger partial charge in [-0.15, -0.1) is 0 Å². The average molecular weight is 366 g/mol. The summed E-state index contributed by atoms with van der Waals surface area (Å²) in [6.45, 7) is 1.35. The quantitative estimate of drug-likeness (QED) is 0.781.